The lowest BCUT2D eigenvalue weighted by molar-refractivity contribution is 0.0940. The molecule has 1 aromatic rings. The van der Waals surface area contributed by atoms with Crippen molar-refractivity contribution in [3.05, 3.63) is 18.0 Å². The number of fused-ring (bicyclic) bond motifs is 2. The molecule has 0 radical (unpaired) electrons. The van der Waals surface area contributed by atoms with Crippen LogP contribution < -0.4 is 5.32 Å². The number of Topliss-reactive ketones (excluding diaryl/α,β-unsaturated/α-hetero) is 1. The fourth-order valence-corrected chi connectivity index (χ4v) is 3.27. The zero-order valence-electron chi connectivity index (χ0n) is 10.2. The smallest absolute Gasteiger partial charge is 0.183 e. The molecule has 2 aliphatic heterocycles. The van der Waals surface area contributed by atoms with Crippen LogP contribution in [-0.4, -0.2) is 27.6 Å². The van der Waals surface area contributed by atoms with Crippen LogP contribution in [0.4, 0.5) is 0 Å². The normalized spacial score (nSPS) is 31.7. The van der Waals surface area contributed by atoms with Gasteiger partial charge in [0.2, 0.25) is 0 Å². The Morgan fingerprint density at radius 3 is 2.76 bits per heavy atom. The Labute approximate surface area is 101 Å². The summed E-state index contributed by atoms with van der Waals surface area (Å²) in [5.41, 5.74) is 0.623. The summed E-state index contributed by atoms with van der Waals surface area (Å²) in [6, 6.07) is 3.14. The highest BCUT2D eigenvalue weighted by Crippen LogP contribution is 2.33. The van der Waals surface area contributed by atoms with E-state index >= 15 is 0 Å². The van der Waals surface area contributed by atoms with Crippen molar-refractivity contribution in [1.82, 2.24) is 15.1 Å². The van der Waals surface area contributed by atoms with Crippen molar-refractivity contribution < 1.29 is 4.79 Å². The Hall–Kier alpha value is -1.16. The molecule has 0 amide bonds. The van der Waals surface area contributed by atoms with Crippen LogP contribution in [0.2, 0.25) is 0 Å². The molecule has 0 spiro atoms. The minimum absolute atomic E-state index is 0.205. The number of piperidine rings is 1. The Morgan fingerprint density at radius 2 is 2.18 bits per heavy atom. The molecule has 4 nitrogen and oxygen atoms in total. The van der Waals surface area contributed by atoms with Crippen LogP contribution in [0.15, 0.2) is 12.3 Å². The summed E-state index contributed by atoms with van der Waals surface area (Å²) in [5, 5.41) is 7.79. The maximum Gasteiger partial charge on any atom is 0.183 e. The highest BCUT2D eigenvalue weighted by molar-refractivity contribution is 5.94. The number of hydrogen-bond donors (Lipinski definition) is 1. The lowest BCUT2D eigenvalue weighted by Crippen LogP contribution is -2.38. The Bertz CT molecular complexity index is 414. The Morgan fingerprint density at radius 1 is 1.47 bits per heavy atom. The molecule has 1 aromatic heterocycles. The second kappa shape index (κ2) is 4.26. The third kappa shape index (κ3) is 2.27. The SMILES string of the molecule is Cn1ccc(C(=O)CC2CC3CCC(C2)N3)n1. The van der Waals surface area contributed by atoms with Gasteiger partial charge in [-0.25, -0.2) is 0 Å². The summed E-state index contributed by atoms with van der Waals surface area (Å²) >= 11 is 0. The highest BCUT2D eigenvalue weighted by Gasteiger charge is 2.34. The van der Waals surface area contributed by atoms with Crippen LogP contribution >= 0.6 is 0 Å². The number of nitrogens with one attached hydrogen (secondary N) is 1. The molecule has 2 unspecified atom stereocenters. The molecule has 0 aliphatic carbocycles. The molecule has 0 aromatic carbocycles. The first kappa shape index (κ1) is 11.0. The molecule has 4 heteroatoms. The van der Waals surface area contributed by atoms with Crippen molar-refractivity contribution >= 4 is 5.78 Å². The number of carbonyl (C=O) groups is 1. The molecule has 17 heavy (non-hydrogen) atoms. The van der Waals surface area contributed by atoms with Gasteiger partial charge in [-0.05, 0) is 37.7 Å². The first-order chi connectivity index (χ1) is 8.20. The standard InChI is InChI=1S/C13H19N3O/c1-16-5-4-12(15-16)13(17)8-9-6-10-2-3-11(7-9)14-10/h4-5,9-11,14H,2-3,6-8H2,1H3. The first-order valence-corrected chi connectivity index (χ1v) is 6.49. The van der Waals surface area contributed by atoms with E-state index in [4.69, 9.17) is 0 Å². The molecular formula is C13H19N3O. The minimum atomic E-state index is 0.205. The van der Waals surface area contributed by atoms with Crippen LogP contribution in [-0.2, 0) is 7.05 Å². The van der Waals surface area contributed by atoms with Crippen molar-refractivity contribution in [2.75, 3.05) is 0 Å². The van der Waals surface area contributed by atoms with Gasteiger partial charge >= 0.3 is 0 Å². The predicted octanol–water partition coefficient (Wildman–Crippen LogP) is 1.52. The number of ketones is 1. The van der Waals surface area contributed by atoms with E-state index in [1.165, 1.54) is 12.8 Å². The number of rotatable bonds is 3. The molecule has 92 valence electrons. The van der Waals surface area contributed by atoms with Crippen LogP contribution in [0.5, 0.6) is 0 Å². The summed E-state index contributed by atoms with van der Waals surface area (Å²) in [5.74, 6) is 0.764. The van der Waals surface area contributed by atoms with Gasteiger partial charge in [0.05, 0.1) is 0 Å². The monoisotopic (exact) mass is 233 g/mol. The average Bonchev–Trinajstić information content (AvgIpc) is 2.85. The molecule has 1 N–H and O–H groups in total. The van der Waals surface area contributed by atoms with E-state index in [9.17, 15) is 4.79 Å². The third-order valence-corrected chi connectivity index (χ3v) is 4.04. The minimum Gasteiger partial charge on any atom is -0.311 e. The van der Waals surface area contributed by atoms with Crippen molar-refractivity contribution in [1.29, 1.82) is 0 Å². The van der Waals surface area contributed by atoms with Gasteiger partial charge in [-0.2, -0.15) is 5.10 Å². The quantitative estimate of drug-likeness (QED) is 0.805. The largest absolute Gasteiger partial charge is 0.311 e. The number of aromatic nitrogens is 2. The fraction of sp³-hybridized carbons (Fsp3) is 0.692. The molecule has 3 heterocycles. The number of aryl methyl sites for hydroxylation is 1. The molecule has 3 rings (SSSR count). The number of nitrogens with zero attached hydrogens (tertiary/aromatic N) is 2. The van der Waals surface area contributed by atoms with Crippen molar-refractivity contribution in [2.45, 2.75) is 44.2 Å². The lowest BCUT2D eigenvalue weighted by Gasteiger charge is -2.28. The van der Waals surface area contributed by atoms with Gasteiger partial charge in [0.15, 0.2) is 5.78 Å². The predicted molar refractivity (Wildman–Crippen MR) is 64.8 cm³/mol. The summed E-state index contributed by atoms with van der Waals surface area (Å²) in [6.45, 7) is 0. The van der Waals surface area contributed by atoms with E-state index in [0.717, 1.165) is 12.8 Å². The van der Waals surface area contributed by atoms with Gasteiger partial charge in [0.25, 0.3) is 0 Å². The molecule has 2 aliphatic rings. The van der Waals surface area contributed by atoms with Crippen molar-refractivity contribution in [2.24, 2.45) is 13.0 Å². The van der Waals surface area contributed by atoms with Crippen LogP contribution in [0, 0.1) is 5.92 Å². The van der Waals surface area contributed by atoms with Gasteiger partial charge in [-0.15, -0.1) is 0 Å². The zero-order valence-corrected chi connectivity index (χ0v) is 10.2. The van der Waals surface area contributed by atoms with Gasteiger partial charge < -0.3 is 5.32 Å². The first-order valence-electron chi connectivity index (χ1n) is 6.49. The lowest BCUT2D eigenvalue weighted by atomic mass is 9.88. The molecule has 2 saturated heterocycles. The Balaban J connectivity index is 1.62. The van der Waals surface area contributed by atoms with E-state index < -0.39 is 0 Å². The number of carbonyl (C=O) groups excluding carboxylic acids is 1. The van der Waals surface area contributed by atoms with E-state index in [1.807, 2.05) is 19.3 Å². The zero-order chi connectivity index (χ0) is 11.8. The molecular weight excluding hydrogens is 214 g/mol. The van der Waals surface area contributed by atoms with E-state index in [2.05, 4.69) is 10.4 Å². The highest BCUT2D eigenvalue weighted by atomic mass is 16.1. The maximum absolute atomic E-state index is 12.1. The van der Waals surface area contributed by atoms with Gasteiger partial charge in [-0.1, -0.05) is 0 Å². The molecule has 2 fully saturated rings. The summed E-state index contributed by atoms with van der Waals surface area (Å²) in [6.07, 6.45) is 7.41. The molecule has 2 atom stereocenters. The summed E-state index contributed by atoms with van der Waals surface area (Å²) < 4.78 is 1.69. The topological polar surface area (TPSA) is 46.9 Å². The van der Waals surface area contributed by atoms with E-state index in [1.54, 1.807) is 4.68 Å². The van der Waals surface area contributed by atoms with Crippen LogP contribution in [0.3, 0.4) is 0 Å². The Kier molecular flexibility index (Phi) is 2.74. The van der Waals surface area contributed by atoms with E-state index in [0.29, 0.717) is 30.1 Å². The van der Waals surface area contributed by atoms with Crippen molar-refractivity contribution in [3.63, 3.8) is 0 Å². The molecule has 2 bridgehead atoms. The van der Waals surface area contributed by atoms with E-state index in [-0.39, 0.29) is 5.78 Å². The van der Waals surface area contributed by atoms with Crippen molar-refractivity contribution in [3.8, 4) is 0 Å². The number of hydrogen-bond acceptors (Lipinski definition) is 3. The van der Waals surface area contributed by atoms with Gasteiger partial charge in [0.1, 0.15) is 5.69 Å². The molecule has 0 saturated carbocycles. The van der Waals surface area contributed by atoms with Crippen LogP contribution in [0.1, 0.15) is 42.6 Å². The maximum atomic E-state index is 12.1. The second-order valence-electron chi connectivity index (χ2n) is 5.48. The van der Waals surface area contributed by atoms with Crippen LogP contribution in [0.25, 0.3) is 0 Å². The third-order valence-electron chi connectivity index (χ3n) is 4.04. The average molecular weight is 233 g/mol. The fourth-order valence-electron chi connectivity index (χ4n) is 3.27. The summed E-state index contributed by atoms with van der Waals surface area (Å²) in [7, 11) is 1.85. The van der Waals surface area contributed by atoms with Gasteiger partial charge in [0, 0.05) is 31.7 Å². The second-order valence-corrected chi connectivity index (χ2v) is 5.48. The summed E-state index contributed by atoms with van der Waals surface area (Å²) in [4.78, 5) is 12.1. The van der Waals surface area contributed by atoms with Gasteiger partial charge in [-0.3, -0.25) is 9.48 Å².